The molecule has 1 aromatic heterocycles. The minimum absolute atomic E-state index is 0.239. The summed E-state index contributed by atoms with van der Waals surface area (Å²) in [5, 5.41) is 11.1. The number of halogens is 2. The number of amides is 1. The van der Waals surface area contributed by atoms with Gasteiger partial charge in [0, 0.05) is 16.1 Å². The molecule has 5 nitrogen and oxygen atoms in total. The molecular weight excluding hydrogens is 344 g/mol. The first kappa shape index (κ1) is 13.6. The van der Waals surface area contributed by atoms with Gasteiger partial charge in [-0.3, -0.25) is 14.7 Å². The van der Waals surface area contributed by atoms with Gasteiger partial charge in [0.2, 0.25) is 5.95 Å². The summed E-state index contributed by atoms with van der Waals surface area (Å²) < 4.78 is 2.70. The normalized spacial score (nSPS) is 14.3. The van der Waals surface area contributed by atoms with E-state index in [9.17, 15) is 4.79 Å². The van der Waals surface area contributed by atoms with E-state index in [0.29, 0.717) is 22.6 Å². The van der Waals surface area contributed by atoms with Gasteiger partial charge in [0.05, 0.1) is 5.02 Å². The molecule has 1 aliphatic rings. The van der Waals surface area contributed by atoms with Crippen molar-refractivity contribution in [3.8, 4) is 0 Å². The van der Waals surface area contributed by atoms with Crippen molar-refractivity contribution in [1.82, 2.24) is 14.8 Å². The van der Waals surface area contributed by atoms with E-state index in [4.69, 9.17) is 11.6 Å². The fourth-order valence-electron chi connectivity index (χ4n) is 1.98. The van der Waals surface area contributed by atoms with E-state index in [2.05, 4.69) is 31.4 Å². The Labute approximate surface area is 129 Å². The fourth-order valence-corrected chi connectivity index (χ4v) is 2.48. The predicted octanol–water partition coefficient (Wildman–Crippen LogP) is 3.59. The first-order valence-corrected chi connectivity index (χ1v) is 7.40. The highest BCUT2D eigenvalue weighted by atomic mass is 79.9. The van der Waals surface area contributed by atoms with E-state index in [-0.39, 0.29) is 5.91 Å². The predicted molar refractivity (Wildman–Crippen MR) is 80.1 cm³/mol. The van der Waals surface area contributed by atoms with Gasteiger partial charge in [-0.15, -0.1) is 10.2 Å². The number of hydrogen-bond acceptors (Lipinski definition) is 3. The van der Waals surface area contributed by atoms with Gasteiger partial charge in [-0.05, 0) is 53.4 Å². The van der Waals surface area contributed by atoms with Crippen LogP contribution in [0.5, 0.6) is 0 Å². The molecule has 1 aromatic carbocycles. The van der Waals surface area contributed by atoms with Crippen molar-refractivity contribution in [3.63, 3.8) is 0 Å². The number of carbonyl (C=O) groups is 1. The lowest BCUT2D eigenvalue weighted by molar-refractivity contribution is 0.102. The van der Waals surface area contributed by atoms with E-state index in [1.165, 1.54) is 0 Å². The maximum absolute atomic E-state index is 12.3. The molecule has 0 radical (unpaired) electrons. The largest absolute Gasteiger partial charge is 0.297 e. The maximum atomic E-state index is 12.3. The smallest absolute Gasteiger partial charge is 0.258 e. The van der Waals surface area contributed by atoms with E-state index in [0.717, 1.165) is 22.9 Å². The molecule has 0 unspecified atom stereocenters. The fraction of sp³-hybridized carbons (Fsp3) is 0.308. The Morgan fingerprint density at radius 1 is 1.50 bits per heavy atom. The van der Waals surface area contributed by atoms with Gasteiger partial charge in [0.25, 0.3) is 5.91 Å². The van der Waals surface area contributed by atoms with Crippen LogP contribution >= 0.6 is 27.5 Å². The zero-order valence-corrected chi connectivity index (χ0v) is 13.1. The van der Waals surface area contributed by atoms with E-state index in [1.807, 2.05) is 11.5 Å². The van der Waals surface area contributed by atoms with Crippen LogP contribution in [0.3, 0.4) is 0 Å². The second kappa shape index (κ2) is 5.18. The van der Waals surface area contributed by atoms with Crippen LogP contribution in [0.2, 0.25) is 5.02 Å². The highest BCUT2D eigenvalue weighted by Crippen LogP contribution is 2.36. The number of nitrogens with zero attached hydrogens (tertiary/aromatic N) is 3. The minimum atomic E-state index is -0.239. The van der Waals surface area contributed by atoms with Crippen LogP contribution in [-0.4, -0.2) is 20.7 Å². The molecule has 0 saturated heterocycles. The molecule has 0 atom stereocenters. The minimum Gasteiger partial charge on any atom is -0.297 e. The summed E-state index contributed by atoms with van der Waals surface area (Å²) >= 11 is 9.45. The Bertz CT molecular complexity index is 658. The molecular formula is C13H12BrClN4O. The van der Waals surface area contributed by atoms with Crippen LogP contribution in [-0.2, 0) is 0 Å². The lowest BCUT2D eigenvalue weighted by Crippen LogP contribution is -2.16. The number of hydrogen-bond donors (Lipinski definition) is 1. The monoisotopic (exact) mass is 354 g/mol. The molecule has 20 heavy (non-hydrogen) atoms. The molecule has 3 rings (SSSR count). The third kappa shape index (κ3) is 2.58. The number of aryl methyl sites for hydroxylation is 1. The first-order chi connectivity index (χ1) is 9.56. The maximum Gasteiger partial charge on any atom is 0.258 e. The van der Waals surface area contributed by atoms with Gasteiger partial charge in [0.1, 0.15) is 6.33 Å². The molecule has 1 saturated carbocycles. The molecule has 104 valence electrons. The van der Waals surface area contributed by atoms with Crippen LogP contribution in [0.15, 0.2) is 22.9 Å². The van der Waals surface area contributed by atoms with Crippen LogP contribution in [0.4, 0.5) is 5.95 Å². The summed E-state index contributed by atoms with van der Waals surface area (Å²) in [5.41, 5.74) is 1.41. The van der Waals surface area contributed by atoms with Crippen molar-refractivity contribution in [2.24, 2.45) is 0 Å². The number of benzene rings is 1. The third-order valence-electron chi connectivity index (χ3n) is 3.21. The van der Waals surface area contributed by atoms with Gasteiger partial charge in [-0.25, -0.2) is 0 Å². The second-order valence-electron chi connectivity index (χ2n) is 4.84. The summed E-state index contributed by atoms with van der Waals surface area (Å²) in [7, 11) is 0. The molecule has 1 amide bonds. The van der Waals surface area contributed by atoms with Gasteiger partial charge < -0.3 is 0 Å². The lowest BCUT2D eigenvalue weighted by Gasteiger charge is -2.08. The van der Waals surface area contributed by atoms with Crippen LogP contribution < -0.4 is 5.32 Å². The van der Waals surface area contributed by atoms with Crippen molar-refractivity contribution in [2.45, 2.75) is 25.8 Å². The van der Waals surface area contributed by atoms with Crippen molar-refractivity contribution in [2.75, 3.05) is 5.32 Å². The summed E-state index contributed by atoms with van der Waals surface area (Å²) in [6, 6.07) is 3.82. The Morgan fingerprint density at radius 3 is 2.90 bits per heavy atom. The van der Waals surface area contributed by atoms with Crippen molar-refractivity contribution < 1.29 is 4.79 Å². The molecule has 1 N–H and O–H groups in total. The van der Waals surface area contributed by atoms with Crippen LogP contribution in [0.25, 0.3) is 0 Å². The molecule has 0 aliphatic heterocycles. The topological polar surface area (TPSA) is 59.8 Å². The zero-order chi connectivity index (χ0) is 14.3. The molecule has 7 heteroatoms. The summed E-state index contributed by atoms with van der Waals surface area (Å²) in [6.07, 6.45) is 3.85. The van der Waals surface area contributed by atoms with Gasteiger partial charge in [-0.2, -0.15) is 0 Å². The SMILES string of the molecule is Cc1cc(C(=O)Nc2nncn2C2CC2)cc(Cl)c1Br. The van der Waals surface area contributed by atoms with Gasteiger partial charge in [-0.1, -0.05) is 11.6 Å². The Morgan fingerprint density at radius 2 is 2.25 bits per heavy atom. The van der Waals surface area contributed by atoms with E-state index >= 15 is 0 Å². The molecule has 1 fully saturated rings. The van der Waals surface area contributed by atoms with E-state index < -0.39 is 0 Å². The third-order valence-corrected chi connectivity index (χ3v) is 4.79. The second-order valence-corrected chi connectivity index (χ2v) is 6.04. The van der Waals surface area contributed by atoms with Crippen molar-refractivity contribution in [1.29, 1.82) is 0 Å². The summed E-state index contributed by atoms with van der Waals surface area (Å²) in [6.45, 7) is 1.89. The average Bonchev–Trinajstić information content (AvgIpc) is 3.16. The molecule has 0 bridgehead atoms. The number of carbonyl (C=O) groups excluding carboxylic acids is 1. The lowest BCUT2D eigenvalue weighted by atomic mass is 10.1. The summed E-state index contributed by atoms with van der Waals surface area (Å²) in [5.74, 6) is 0.242. The molecule has 1 aliphatic carbocycles. The Hall–Kier alpha value is -1.40. The molecule has 1 heterocycles. The van der Waals surface area contributed by atoms with E-state index in [1.54, 1.807) is 18.5 Å². The Kier molecular flexibility index (Phi) is 3.52. The van der Waals surface area contributed by atoms with Crippen molar-refractivity contribution >= 4 is 39.4 Å². The molecule has 2 aromatic rings. The number of aromatic nitrogens is 3. The first-order valence-electron chi connectivity index (χ1n) is 6.23. The van der Waals surface area contributed by atoms with Crippen molar-refractivity contribution in [3.05, 3.63) is 39.1 Å². The highest BCUT2D eigenvalue weighted by molar-refractivity contribution is 9.10. The Balaban J connectivity index is 1.84. The zero-order valence-electron chi connectivity index (χ0n) is 10.7. The molecule has 0 spiro atoms. The van der Waals surface area contributed by atoms with Gasteiger partial charge in [0.15, 0.2) is 0 Å². The van der Waals surface area contributed by atoms with Crippen LogP contribution in [0.1, 0.15) is 34.8 Å². The van der Waals surface area contributed by atoms with Crippen LogP contribution in [0, 0.1) is 6.92 Å². The standard InChI is InChI=1S/C13H12BrClN4O/c1-7-4-8(5-10(15)11(7)14)12(20)17-13-18-16-6-19(13)9-2-3-9/h4-6,9H,2-3H2,1H3,(H,17,18,20). The average molecular weight is 356 g/mol. The highest BCUT2D eigenvalue weighted by Gasteiger charge is 2.26. The van der Waals surface area contributed by atoms with Gasteiger partial charge >= 0.3 is 0 Å². The number of anilines is 1. The summed E-state index contributed by atoms with van der Waals surface area (Å²) in [4.78, 5) is 12.3. The quantitative estimate of drug-likeness (QED) is 0.915. The number of rotatable bonds is 3. The number of nitrogens with one attached hydrogen (secondary N) is 1.